The van der Waals surface area contributed by atoms with Gasteiger partial charge in [-0.05, 0) is 31.9 Å². The Labute approximate surface area is 129 Å². The highest BCUT2D eigenvalue weighted by Gasteiger charge is 2.19. The lowest BCUT2D eigenvalue weighted by molar-refractivity contribution is 0.0697. The number of hydrogen-bond acceptors (Lipinski definition) is 3. The highest BCUT2D eigenvalue weighted by Crippen LogP contribution is 2.21. The molecule has 0 bridgehead atoms. The molecule has 1 unspecified atom stereocenters. The molecule has 1 aromatic carbocycles. The predicted molar refractivity (Wildman–Crippen MR) is 86.8 cm³/mol. The lowest BCUT2D eigenvalue weighted by Gasteiger charge is -2.26. The van der Waals surface area contributed by atoms with Crippen LogP contribution in [0.15, 0.2) is 24.3 Å². The van der Waals surface area contributed by atoms with Crippen LogP contribution >= 0.6 is 0 Å². The Bertz CT molecular complexity index is 402. The van der Waals surface area contributed by atoms with Crippen LogP contribution in [0.2, 0.25) is 0 Å². The summed E-state index contributed by atoms with van der Waals surface area (Å²) in [6.45, 7) is 6.33. The van der Waals surface area contributed by atoms with E-state index in [1.54, 1.807) is 7.11 Å². The summed E-state index contributed by atoms with van der Waals surface area (Å²) in [6.07, 6.45) is 6.66. The molecular weight excluding hydrogens is 262 g/mol. The van der Waals surface area contributed by atoms with E-state index in [9.17, 15) is 0 Å². The first-order valence-corrected chi connectivity index (χ1v) is 8.29. The Morgan fingerprint density at radius 3 is 2.86 bits per heavy atom. The Kier molecular flexibility index (Phi) is 7.04. The molecule has 3 heteroatoms. The van der Waals surface area contributed by atoms with Gasteiger partial charge in [-0.2, -0.15) is 0 Å². The Hall–Kier alpha value is -1.06. The van der Waals surface area contributed by atoms with Gasteiger partial charge < -0.3 is 9.47 Å². The molecule has 1 aliphatic rings. The molecule has 1 aliphatic heterocycles. The standard InChI is InChI=1S/C18H29NO2/c1-3-4-7-12-19(15-17-10-8-13-21-17)14-16-9-5-6-11-18(16)20-2/h5-6,9,11,17H,3-4,7-8,10,12-15H2,1-2H3. The van der Waals surface area contributed by atoms with Crippen molar-refractivity contribution in [2.45, 2.75) is 51.7 Å². The number of unbranched alkanes of at least 4 members (excludes halogenated alkanes) is 2. The lowest BCUT2D eigenvalue weighted by atomic mass is 10.1. The smallest absolute Gasteiger partial charge is 0.123 e. The summed E-state index contributed by atoms with van der Waals surface area (Å²) >= 11 is 0. The van der Waals surface area contributed by atoms with Gasteiger partial charge in [-0.15, -0.1) is 0 Å². The highest BCUT2D eigenvalue weighted by molar-refractivity contribution is 5.33. The fraction of sp³-hybridized carbons (Fsp3) is 0.667. The zero-order chi connectivity index (χ0) is 14.9. The Morgan fingerprint density at radius 2 is 2.14 bits per heavy atom. The Morgan fingerprint density at radius 1 is 1.29 bits per heavy atom. The van der Waals surface area contributed by atoms with Gasteiger partial charge >= 0.3 is 0 Å². The van der Waals surface area contributed by atoms with Crippen LogP contribution in [0.25, 0.3) is 0 Å². The summed E-state index contributed by atoms with van der Waals surface area (Å²) in [5, 5.41) is 0. The van der Waals surface area contributed by atoms with Crippen molar-refractivity contribution < 1.29 is 9.47 Å². The van der Waals surface area contributed by atoms with Gasteiger partial charge in [-0.25, -0.2) is 0 Å². The second kappa shape index (κ2) is 9.06. The van der Waals surface area contributed by atoms with Gasteiger partial charge in [0.1, 0.15) is 5.75 Å². The summed E-state index contributed by atoms with van der Waals surface area (Å²) in [6, 6.07) is 8.34. The number of rotatable bonds is 9. The molecule has 1 aromatic rings. The monoisotopic (exact) mass is 291 g/mol. The van der Waals surface area contributed by atoms with E-state index in [0.29, 0.717) is 6.10 Å². The molecule has 0 aromatic heterocycles. The van der Waals surface area contributed by atoms with Gasteiger partial charge in [0.05, 0.1) is 13.2 Å². The number of methoxy groups -OCH3 is 1. The molecule has 0 saturated carbocycles. The molecule has 0 aliphatic carbocycles. The maximum Gasteiger partial charge on any atom is 0.123 e. The van der Waals surface area contributed by atoms with Crippen molar-refractivity contribution in [3.8, 4) is 5.75 Å². The summed E-state index contributed by atoms with van der Waals surface area (Å²) in [7, 11) is 1.75. The van der Waals surface area contributed by atoms with Crippen LogP contribution in [0.1, 0.15) is 44.6 Å². The molecule has 21 heavy (non-hydrogen) atoms. The van der Waals surface area contributed by atoms with Gasteiger partial charge in [0.25, 0.3) is 0 Å². The molecular formula is C18H29NO2. The minimum atomic E-state index is 0.418. The molecule has 2 rings (SSSR count). The van der Waals surface area contributed by atoms with Crippen LogP contribution in [0.4, 0.5) is 0 Å². The van der Waals surface area contributed by atoms with Crippen molar-refractivity contribution in [3.05, 3.63) is 29.8 Å². The van der Waals surface area contributed by atoms with Crippen molar-refractivity contribution in [2.75, 3.05) is 26.8 Å². The number of para-hydroxylation sites is 1. The first kappa shape index (κ1) is 16.3. The Balaban J connectivity index is 1.95. The van der Waals surface area contributed by atoms with Crippen LogP contribution in [0.3, 0.4) is 0 Å². The largest absolute Gasteiger partial charge is 0.496 e. The van der Waals surface area contributed by atoms with Crippen LogP contribution < -0.4 is 4.74 Å². The predicted octanol–water partition coefficient (Wildman–Crippen LogP) is 3.87. The molecule has 3 nitrogen and oxygen atoms in total. The van der Waals surface area contributed by atoms with Gasteiger partial charge in [0, 0.05) is 25.3 Å². The number of ether oxygens (including phenoxy) is 2. The topological polar surface area (TPSA) is 21.7 Å². The van der Waals surface area contributed by atoms with Crippen LogP contribution in [0, 0.1) is 0 Å². The molecule has 0 amide bonds. The van der Waals surface area contributed by atoms with E-state index in [4.69, 9.17) is 9.47 Å². The van der Waals surface area contributed by atoms with E-state index >= 15 is 0 Å². The molecule has 1 fully saturated rings. The van der Waals surface area contributed by atoms with Gasteiger partial charge in [0.15, 0.2) is 0 Å². The van der Waals surface area contributed by atoms with Gasteiger partial charge in [-0.1, -0.05) is 38.0 Å². The maximum atomic E-state index is 5.81. The number of benzene rings is 1. The molecule has 1 saturated heterocycles. The normalized spacial score (nSPS) is 18.3. The van der Waals surface area contributed by atoms with E-state index in [-0.39, 0.29) is 0 Å². The molecule has 0 N–H and O–H groups in total. The van der Waals surface area contributed by atoms with Gasteiger partial charge in [-0.3, -0.25) is 4.90 Å². The zero-order valence-corrected chi connectivity index (χ0v) is 13.5. The van der Waals surface area contributed by atoms with Crippen LogP contribution in [-0.2, 0) is 11.3 Å². The van der Waals surface area contributed by atoms with Crippen molar-refractivity contribution in [1.29, 1.82) is 0 Å². The van der Waals surface area contributed by atoms with Crippen molar-refractivity contribution in [3.63, 3.8) is 0 Å². The second-order valence-corrected chi connectivity index (χ2v) is 5.89. The van der Waals surface area contributed by atoms with Crippen molar-refractivity contribution >= 4 is 0 Å². The fourth-order valence-electron chi connectivity index (χ4n) is 2.97. The summed E-state index contributed by atoms with van der Waals surface area (Å²) in [5.41, 5.74) is 1.27. The van der Waals surface area contributed by atoms with E-state index in [2.05, 4.69) is 24.0 Å². The SMILES string of the molecule is CCCCCN(Cc1ccccc1OC)CC1CCCO1. The fourth-order valence-corrected chi connectivity index (χ4v) is 2.97. The van der Waals surface area contributed by atoms with Crippen molar-refractivity contribution in [2.24, 2.45) is 0 Å². The first-order chi connectivity index (χ1) is 10.3. The molecule has 1 heterocycles. The zero-order valence-electron chi connectivity index (χ0n) is 13.5. The first-order valence-electron chi connectivity index (χ1n) is 8.29. The minimum absolute atomic E-state index is 0.418. The third-order valence-electron chi connectivity index (χ3n) is 4.15. The molecule has 1 atom stereocenters. The molecule has 0 radical (unpaired) electrons. The third-order valence-corrected chi connectivity index (χ3v) is 4.15. The van der Waals surface area contributed by atoms with Gasteiger partial charge in [0.2, 0.25) is 0 Å². The van der Waals surface area contributed by atoms with E-state index < -0.39 is 0 Å². The highest BCUT2D eigenvalue weighted by atomic mass is 16.5. The quantitative estimate of drug-likeness (QED) is 0.645. The number of nitrogens with zero attached hydrogens (tertiary/aromatic N) is 1. The van der Waals surface area contributed by atoms with Crippen LogP contribution in [-0.4, -0.2) is 37.8 Å². The summed E-state index contributed by atoms with van der Waals surface area (Å²) < 4.78 is 11.3. The summed E-state index contributed by atoms with van der Waals surface area (Å²) in [5.74, 6) is 0.991. The molecule has 118 valence electrons. The average Bonchev–Trinajstić information content (AvgIpc) is 3.01. The maximum absolute atomic E-state index is 5.81. The summed E-state index contributed by atoms with van der Waals surface area (Å²) in [4.78, 5) is 2.53. The van der Waals surface area contributed by atoms with E-state index in [0.717, 1.165) is 32.0 Å². The average molecular weight is 291 g/mol. The van der Waals surface area contributed by atoms with Crippen LogP contribution in [0.5, 0.6) is 5.75 Å². The second-order valence-electron chi connectivity index (χ2n) is 5.89. The van der Waals surface area contributed by atoms with Crippen molar-refractivity contribution in [1.82, 2.24) is 4.90 Å². The third kappa shape index (κ3) is 5.33. The minimum Gasteiger partial charge on any atom is -0.496 e. The lowest BCUT2D eigenvalue weighted by Crippen LogP contribution is -2.32. The van der Waals surface area contributed by atoms with E-state index in [1.165, 1.54) is 37.7 Å². The molecule has 0 spiro atoms. The number of hydrogen-bond donors (Lipinski definition) is 0. The van der Waals surface area contributed by atoms with E-state index in [1.807, 2.05) is 12.1 Å².